The summed E-state index contributed by atoms with van der Waals surface area (Å²) in [6.07, 6.45) is 9.27. The summed E-state index contributed by atoms with van der Waals surface area (Å²) < 4.78 is 0. The van der Waals surface area contributed by atoms with E-state index in [-0.39, 0.29) is 0 Å². The number of para-hydroxylation sites is 1. The van der Waals surface area contributed by atoms with Crippen LogP contribution in [0.2, 0.25) is 0 Å². The molecule has 3 aromatic carbocycles. The van der Waals surface area contributed by atoms with Crippen molar-refractivity contribution in [3.05, 3.63) is 94.0 Å². The molecule has 4 aromatic rings. The van der Waals surface area contributed by atoms with E-state index in [1.54, 1.807) is 0 Å². The lowest BCUT2D eigenvalue weighted by atomic mass is 9.83. The number of fused-ring (bicyclic) bond motifs is 6. The van der Waals surface area contributed by atoms with Crippen molar-refractivity contribution in [3.63, 3.8) is 0 Å². The minimum absolute atomic E-state index is 1.03. The van der Waals surface area contributed by atoms with Crippen molar-refractivity contribution in [2.24, 2.45) is 0 Å². The molecule has 0 bridgehead atoms. The van der Waals surface area contributed by atoms with Gasteiger partial charge in [0, 0.05) is 22.7 Å². The molecular formula is C26H21N. The molecule has 0 saturated heterocycles. The Balaban J connectivity index is 1.74. The second kappa shape index (κ2) is 5.72. The number of aryl methyl sites for hydroxylation is 1. The zero-order valence-electron chi connectivity index (χ0n) is 15.3. The quantitative estimate of drug-likeness (QED) is 0.513. The van der Waals surface area contributed by atoms with Crippen LogP contribution in [-0.4, -0.2) is 4.98 Å². The van der Waals surface area contributed by atoms with Gasteiger partial charge >= 0.3 is 0 Å². The lowest BCUT2D eigenvalue weighted by Gasteiger charge is -2.21. The van der Waals surface area contributed by atoms with Crippen LogP contribution in [0.25, 0.3) is 33.7 Å². The minimum atomic E-state index is 1.03. The fourth-order valence-corrected chi connectivity index (χ4v) is 5.02. The number of hydrogen-bond acceptors (Lipinski definition) is 0. The average Bonchev–Trinajstić information content (AvgIpc) is 3.17. The van der Waals surface area contributed by atoms with Crippen molar-refractivity contribution in [1.29, 1.82) is 0 Å². The standard InChI is InChI=1S/C26H21N/c1-2-8-19-17(6-1)12-15-23-20(19)14-13-18-7-5-10-22(26(18)23)24-16-27-25-11-4-3-9-21(24)25/h1-4,6,8-9,11,13-16,27H,5,7,10,12H2. The van der Waals surface area contributed by atoms with Crippen LogP contribution in [-0.2, 0) is 12.8 Å². The minimum Gasteiger partial charge on any atom is -0.361 e. The molecule has 1 heterocycles. The lowest BCUT2D eigenvalue weighted by molar-refractivity contribution is 0.819. The molecule has 0 atom stereocenters. The molecule has 2 aliphatic carbocycles. The van der Waals surface area contributed by atoms with Crippen LogP contribution in [0.15, 0.2) is 66.9 Å². The Hall–Kier alpha value is -3.06. The van der Waals surface area contributed by atoms with E-state index < -0.39 is 0 Å². The van der Waals surface area contributed by atoms with Gasteiger partial charge in [-0.05, 0) is 70.0 Å². The first-order valence-corrected chi connectivity index (χ1v) is 9.90. The van der Waals surface area contributed by atoms with Gasteiger partial charge in [-0.1, -0.05) is 60.7 Å². The summed E-state index contributed by atoms with van der Waals surface area (Å²) in [7, 11) is 0. The van der Waals surface area contributed by atoms with Crippen molar-refractivity contribution >= 4 is 22.6 Å². The predicted molar refractivity (Wildman–Crippen MR) is 113 cm³/mol. The molecule has 1 aromatic heterocycles. The van der Waals surface area contributed by atoms with Crippen LogP contribution in [0.1, 0.15) is 29.5 Å². The van der Waals surface area contributed by atoms with Crippen molar-refractivity contribution in [2.75, 3.05) is 0 Å². The summed E-state index contributed by atoms with van der Waals surface area (Å²) in [5.74, 6) is 0. The highest BCUT2D eigenvalue weighted by atomic mass is 14.7. The van der Waals surface area contributed by atoms with E-state index in [9.17, 15) is 0 Å². The van der Waals surface area contributed by atoms with Gasteiger partial charge in [-0.2, -0.15) is 0 Å². The van der Waals surface area contributed by atoms with Gasteiger partial charge in [0.1, 0.15) is 0 Å². The Morgan fingerprint density at radius 1 is 0.704 bits per heavy atom. The molecule has 1 heteroatoms. The Bertz CT molecular complexity index is 1320. The number of hydrogen-bond donors (Lipinski definition) is 1. The highest BCUT2D eigenvalue weighted by Gasteiger charge is 2.19. The van der Waals surface area contributed by atoms with Crippen LogP contribution < -0.4 is 10.4 Å². The molecule has 0 amide bonds. The van der Waals surface area contributed by atoms with Crippen molar-refractivity contribution < 1.29 is 0 Å². The summed E-state index contributed by atoms with van der Waals surface area (Å²) in [6, 6.07) is 22.3. The molecule has 0 spiro atoms. The maximum atomic E-state index is 3.48. The van der Waals surface area contributed by atoms with Gasteiger partial charge in [0.25, 0.3) is 0 Å². The monoisotopic (exact) mass is 347 g/mol. The fraction of sp³-hybridized carbons (Fsp3) is 0.154. The number of aromatic nitrogens is 1. The lowest BCUT2D eigenvalue weighted by Crippen LogP contribution is -2.36. The first kappa shape index (κ1) is 15.0. The summed E-state index contributed by atoms with van der Waals surface area (Å²) >= 11 is 0. The molecule has 0 unspecified atom stereocenters. The molecule has 0 radical (unpaired) electrons. The normalized spacial score (nSPS) is 15.0. The van der Waals surface area contributed by atoms with Gasteiger partial charge in [-0.3, -0.25) is 0 Å². The molecule has 2 aliphatic rings. The number of nitrogens with one attached hydrogen (secondary N) is 1. The zero-order valence-corrected chi connectivity index (χ0v) is 15.3. The predicted octanol–water partition coefficient (Wildman–Crippen LogP) is 4.71. The molecule has 1 nitrogen and oxygen atoms in total. The van der Waals surface area contributed by atoms with Gasteiger partial charge in [-0.15, -0.1) is 0 Å². The number of benzene rings is 3. The maximum absolute atomic E-state index is 3.48. The van der Waals surface area contributed by atoms with Crippen LogP contribution in [0.5, 0.6) is 0 Å². The molecule has 1 N–H and O–H groups in total. The van der Waals surface area contributed by atoms with Gasteiger partial charge in [0.2, 0.25) is 0 Å². The molecule has 27 heavy (non-hydrogen) atoms. The van der Waals surface area contributed by atoms with Crippen LogP contribution >= 0.6 is 0 Å². The highest BCUT2D eigenvalue weighted by molar-refractivity contribution is 5.93. The molecule has 0 fully saturated rings. The van der Waals surface area contributed by atoms with Crippen LogP contribution in [0.3, 0.4) is 0 Å². The molecule has 0 saturated carbocycles. The van der Waals surface area contributed by atoms with Crippen molar-refractivity contribution in [1.82, 2.24) is 4.98 Å². The maximum Gasteiger partial charge on any atom is 0.0460 e. The first-order valence-electron chi connectivity index (χ1n) is 9.90. The van der Waals surface area contributed by atoms with E-state index >= 15 is 0 Å². The second-order valence-electron chi connectivity index (χ2n) is 7.71. The van der Waals surface area contributed by atoms with E-state index in [1.165, 1.54) is 67.6 Å². The number of H-pyrrole nitrogens is 1. The first-order chi connectivity index (χ1) is 13.4. The Kier molecular flexibility index (Phi) is 3.19. The highest BCUT2D eigenvalue weighted by Crippen LogP contribution is 2.30. The Morgan fingerprint density at radius 3 is 2.59 bits per heavy atom. The fourth-order valence-electron chi connectivity index (χ4n) is 5.02. The average molecular weight is 347 g/mol. The summed E-state index contributed by atoms with van der Waals surface area (Å²) in [4.78, 5) is 3.48. The molecule has 0 aliphatic heterocycles. The Labute approximate surface area is 158 Å². The molecule has 130 valence electrons. The van der Waals surface area contributed by atoms with Crippen LogP contribution in [0.4, 0.5) is 0 Å². The summed E-state index contributed by atoms with van der Waals surface area (Å²) in [6.45, 7) is 0. The van der Waals surface area contributed by atoms with Crippen LogP contribution in [0, 0.1) is 0 Å². The van der Waals surface area contributed by atoms with E-state index in [2.05, 4.69) is 77.9 Å². The molecule has 6 rings (SSSR count). The van der Waals surface area contributed by atoms with E-state index in [4.69, 9.17) is 0 Å². The van der Waals surface area contributed by atoms with Crippen molar-refractivity contribution in [3.8, 4) is 11.1 Å². The third-order valence-electron chi connectivity index (χ3n) is 6.25. The number of rotatable bonds is 1. The van der Waals surface area contributed by atoms with Crippen molar-refractivity contribution in [2.45, 2.75) is 25.7 Å². The third kappa shape index (κ3) is 2.18. The summed E-state index contributed by atoms with van der Waals surface area (Å²) in [5.41, 5.74) is 9.88. The SMILES string of the molecule is C1=c2c(ccc3c2=C(c2c[nH]c4ccccc24)CCC3)-c2ccccc2C1. The molecular weight excluding hydrogens is 326 g/mol. The largest absolute Gasteiger partial charge is 0.361 e. The smallest absolute Gasteiger partial charge is 0.0460 e. The second-order valence-corrected chi connectivity index (χ2v) is 7.71. The van der Waals surface area contributed by atoms with Gasteiger partial charge in [-0.25, -0.2) is 0 Å². The van der Waals surface area contributed by atoms with Gasteiger partial charge in [0.15, 0.2) is 0 Å². The van der Waals surface area contributed by atoms with Gasteiger partial charge in [0.05, 0.1) is 0 Å². The van der Waals surface area contributed by atoms with Gasteiger partial charge < -0.3 is 4.98 Å². The van der Waals surface area contributed by atoms with E-state index in [1.807, 2.05) is 0 Å². The van der Waals surface area contributed by atoms with E-state index in [0.717, 1.165) is 12.8 Å². The topological polar surface area (TPSA) is 15.8 Å². The zero-order chi connectivity index (χ0) is 17.8. The number of aromatic amines is 1. The van der Waals surface area contributed by atoms with E-state index in [0.29, 0.717) is 0 Å². The third-order valence-corrected chi connectivity index (χ3v) is 6.25. The Morgan fingerprint density at radius 2 is 1.59 bits per heavy atom. The summed E-state index contributed by atoms with van der Waals surface area (Å²) in [5, 5.41) is 4.29.